The summed E-state index contributed by atoms with van der Waals surface area (Å²) in [5.74, 6) is 0.317. The average molecular weight is 287 g/mol. The molecule has 5 heteroatoms. The first-order valence-electron chi connectivity index (χ1n) is 7.85. The molecule has 1 unspecified atom stereocenters. The molecule has 20 heavy (non-hydrogen) atoms. The van der Waals surface area contributed by atoms with Crippen LogP contribution in [-0.4, -0.2) is 52.1 Å². The van der Waals surface area contributed by atoms with E-state index in [1.807, 2.05) is 0 Å². The Kier molecular flexibility index (Phi) is 10.5. The molecule has 1 rings (SSSR count). The molecule has 0 bridgehead atoms. The summed E-state index contributed by atoms with van der Waals surface area (Å²) in [5, 5.41) is 2.89. The molecule has 1 N–H and O–H groups in total. The Balaban J connectivity index is 1.79. The summed E-state index contributed by atoms with van der Waals surface area (Å²) in [6.07, 6.45) is 5.15. The van der Waals surface area contributed by atoms with Crippen LogP contribution in [0.4, 0.5) is 0 Å². The molecular formula is C15H29NO4. The fourth-order valence-corrected chi connectivity index (χ4v) is 2.12. The maximum atomic E-state index is 11.5. The van der Waals surface area contributed by atoms with Crippen molar-refractivity contribution in [1.29, 1.82) is 0 Å². The van der Waals surface area contributed by atoms with Crippen LogP contribution >= 0.6 is 0 Å². The molecule has 0 aromatic carbocycles. The van der Waals surface area contributed by atoms with Crippen LogP contribution in [0.3, 0.4) is 0 Å². The number of hydrogen-bond donors (Lipinski definition) is 1. The fourth-order valence-electron chi connectivity index (χ4n) is 2.12. The van der Waals surface area contributed by atoms with Crippen LogP contribution in [0.15, 0.2) is 0 Å². The molecule has 1 fully saturated rings. The largest absolute Gasteiger partial charge is 0.379 e. The maximum absolute atomic E-state index is 11.5. The highest BCUT2D eigenvalue weighted by Gasteiger charge is 2.21. The highest BCUT2D eigenvalue weighted by molar-refractivity contribution is 5.79. The van der Waals surface area contributed by atoms with Gasteiger partial charge in [0, 0.05) is 25.7 Å². The number of nitrogens with one attached hydrogen (secondary N) is 1. The molecule has 0 aromatic rings. The van der Waals surface area contributed by atoms with Crippen LogP contribution in [0.5, 0.6) is 0 Å². The molecule has 1 amide bonds. The Bertz CT molecular complexity index is 248. The van der Waals surface area contributed by atoms with Crippen molar-refractivity contribution in [2.45, 2.75) is 39.0 Å². The third-order valence-electron chi connectivity index (χ3n) is 3.40. The minimum Gasteiger partial charge on any atom is -0.379 e. The lowest BCUT2D eigenvalue weighted by molar-refractivity contribution is -0.127. The Labute approximate surface area is 122 Å². The first-order chi connectivity index (χ1) is 9.84. The molecule has 0 aromatic heterocycles. The van der Waals surface area contributed by atoms with E-state index in [2.05, 4.69) is 12.2 Å². The summed E-state index contributed by atoms with van der Waals surface area (Å²) in [5.41, 5.74) is 0. The van der Waals surface area contributed by atoms with Crippen LogP contribution in [0.25, 0.3) is 0 Å². The second-order valence-corrected chi connectivity index (χ2v) is 5.11. The second-order valence-electron chi connectivity index (χ2n) is 5.11. The number of amides is 1. The Morgan fingerprint density at radius 3 is 2.35 bits per heavy atom. The summed E-state index contributed by atoms with van der Waals surface area (Å²) < 4.78 is 16.3. The lowest BCUT2D eigenvalue weighted by Gasteiger charge is -2.21. The van der Waals surface area contributed by atoms with Crippen molar-refractivity contribution in [3.8, 4) is 0 Å². The normalized spacial score (nSPS) is 19.1. The van der Waals surface area contributed by atoms with E-state index in [0.29, 0.717) is 33.0 Å². The van der Waals surface area contributed by atoms with Gasteiger partial charge in [-0.05, 0) is 25.7 Å². The van der Waals surface area contributed by atoms with Crippen molar-refractivity contribution >= 4 is 5.91 Å². The van der Waals surface area contributed by atoms with Crippen molar-refractivity contribution < 1.29 is 19.0 Å². The Morgan fingerprint density at radius 1 is 1.05 bits per heavy atom. The van der Waals surface area contributed by atoms with Gasteiger partial charge >= 0.3 is 0 Å². The van der Waals surface area contributed by atoms with Gasteiger partial charge in [-0.3, -0.25) is 4.79 Å². The monoisotopic (exact) mass is 287 g/mol. The van der Waals surface area contributed by atoms with Gasteiger partial charge in [0.1, 0.15) is 0 Å². The van der Waals surface area contributed by atoms with Crippen LogP contribution in [0.2, 0.25) is 0 Å². The molecule has 0 aliphatic carbocycles. The molecule has 1 saturated heterocycles. The van der Waals surface area contributed by atoms with Crippen molar-refractivity contribution in [3.05, 3.63) is 0 Å². The molecule has 5 nitrogen and oxygen atoms in total. The third-order valence-corrected chi connectivity index (χ3v) is 3.40. The molecular weight excluding hydrogens is 258 g/mol. The topological polar surface area (TPSA) is 56.8 Å². The van der Waals surface area contributed by atoms with Crippen molar-refractivity contribution in [2.75, 3.05) is 46.2 Å². The number of hydrogen-bond acceptors (Lipinski definition) is 4. The lowest BCUT2D eigenvalue weighted by atomic mass is 9.96. The van der Waals surface area contributed by atoms with E-state index in [-0.39, 0.29) is 11.8 Å². The van der Waals surface area contributed by atoms with Gasteiger partial charge < -0.3 is 19.5 Å². The van der Waals surface area contributed by atoms with Gasteiger partial charge in [-0.1, -0.05) is 13.3 Å². The van der Waals surface area contributed by atoms with Gasteiger partial charge in [-0.25, -0.2) is 0 Å². The number of unbranched alkanes of at least 4 members (excludes halogenated alkanes) is 1. The SMILES string of the molecule is CCCCOCCOCCOCCC1CCCNC1=O. The standard InChI is InChI=1S/C15H29NO4/c1-2-3-8-18-10-12-20-13-11-19-9-6-14-5-4-7-16-15(14)17/h14H,2-13H2,1H3,(H,16,17). The van der Waals surface area contributed by atoms with Gasteiger partial charge in [-0.15, -0.1) is 0 Å². The molecule has 0 spiro atoms. The summed E-state index contributed by atoms with van der Waals surface area (Å²) in [7, 11) is 0. The lowest BCUT2D eigenvalue weighted by Crippen LogP contribution is -2.36. The number of ether oxygens (including phenoxy) is 3. The van der Waals surface area contributed by atoms with E-state index in [4.69, 9.17) is 14.2 Å². The predicted molar refractivity (Wildman–Crippen MR) is 77.7 cm³/mol. The van der Waals surface area contributed by atoms with E-state index in [9.17, 15) is 4.79 Å². The number of piperidine rings is 1. The van der Waals surface area contributed by atoms with Crippen molar-refractivity contribution in [1.82, 2.24) is 5.32 Å². The second kappa shape index (κ2) is 12.1. The van der Waals surface area contributed by atoms with E-state index in [1.165, 1.54) is 0 Å². The van der Waals surface area contributed by atoms with Crippen LogP contribution in [0.1, 0.15) is 39.0 Å². The summed E-state index contributed by atoms with van der Waals surface area (Å²) in [4.78, 5) is 11.5. The zero-order valence-corrected chi connectivity index (χ0v) is 12.7. The van der Waals surface area contributed by atoms with Gasteiger partial charge in [0.2, 0.25) is 5.91 Å². The number of rotatable bonds is 12. The van der Waals surface area contributed by atoms with Crippen LogP contribution in [-0.2, 0) is 19.0 Å². The summed E-state index contributed by atoms with van der Waals surface area (Å²) >= 11 is 0. The maximum Gasteiger partial charge on any atom is 0.223 e. The van der Waals surface area contributed by atoms with Gasteiger partial charge in [-0.2, -0.15) is 0 Å². The molecule has 118 valence electrons. The highest BCUT2D eigenvalue weighted by Crippen LogP contribution is 2.14. The molecule has 1 aliphatic rings. The smallest absolute Gasteiger partial charge is 0.223 e. The predicted octanol–water partition coefficient (Wildman–Crippen LogP) is 1.75. The first-order valence-corrected chi connectivity index (χ1v) is 7.85. The molecule has 1 atom stereocenters. The molecule has 0 saturated carbocycles. The van der Waals surface area contributed by atoms with E-state index < -0.39 is 0 Å². The molecule has 1 heterocycles. The highest BCUT2D eigenvalue weighted by atomic mass is 16.5. The number of carbonyl (C=O) groups excluding carboxylic acids is 1. The van der Waals surface area contributed by atoms with E-state index in [0.717, 1.165) is 45.3 Å². The first kappa shape index (κ1) is 17.4. The summed E-state index contributed by atoms with van der Waals surface area (Å²) in [6, 6.07) is 0. The zero-order chi connectivity index (χ0) is 14.5. The quantitative estimate of drug-likeness (QED) is 0.556. The minimum absolute atomic E-state index is 0.136. The summed E-state index contributed by atoms with van der Waals surface area (Å²) in [6.45, 7) is 6.88. The van der Waals surface area contributed by atoms with Crippen molar-refractivity contribution in [2.24, 2.45) is 5.92 Å². The Morgan fingerprint density at radius 2 is 1.70 bits per heavy atom. The minimum atomic E-state index is 0.136. The van der Waals surface area contributed by atoms with E-state index in [1.54, 1.807) is 0 Å². The van der Waals surface area contributed by atoms with Gasteiger partial charge in [0.25, 0.3) is 0 Å². The zero-order valence-electron chi connectivity index (χ0n) is 12.7. The van der Waals surface area contributed by atoms with Crippen LogP contribution < -0.4 is 5.32 Å². The average Bonchev–Trinajstić information content (AvgIpc) is 2.46. The Hall–Kier alpha value is -0.650. The number of carbonyl (C=O) groups is 1. The van der Waals surface area contributed by atoms with Crippen LogP contribution in [0, 0.1) is 5.92 Å². The van der Waals surface area contributed by atoms with E-state index >= 15 is 0 Å². The fraction of sp³-hybridized carbons (Fsp3) is 0.933. The third kappa shape index (κ3) is 8.51. The van der Waals surface area contributed by atoms with Crippen molar-refractivity contribution in [3.63, 3.8) is 0 Å². The van der Waals surface area contributed by atoms with Gasteiger partial charge in [0.05, 0.1) is 26.4 Å². The molecule has 1 aliphatic heterocycles. The molecule has 0 radical (unpaired) electrons. The van der Waals surface area contributed by atoms with Gasteiger partial charge in [0.15, 0.2) is 0 Å².